The molecule has 1 aromatic heterocycles. The fourth-order valence-electron chi connectivity index (χ4n) is 3.23. The van der Waals surface area contributed by atoms with Gasteiger partial charge in [0.15, 0.2) is 11.4 Å². The highest BCUT2D eigenvalue weighted by Gasteiger charge is 2.40. The van der Waals surface area contributed by atoms with Crippen LogP contribution in [0.4, 0.5) is 0 Å². The van der Waals surface area contributed by atoms with E-state index in [4.69, 9.17) is 4.74 Å². The average Bonchev–Trinajstić information content (AvgIpc) is 3.18. The van der Waals surface area contributed by atoms with Crippen molar-refractivity contribution in [3.05, 3.63) is 65.6 Å². The van der Waals surface area contributed by atoms with E-state index in [1.165, 1.54) is 0 Å². The molecule has 26 heavy (non-hydrogen) atoms. The standard InChI is InChI=1S/C20H18N2O4/c23-11-20(12-24)8-18(25)16-6-13(3-4-19(16)26-20)15-7-17(22-10-15)14-2-1-5-21-9-14/h1-6,9-10,23-24H,7-8,11-12H2. The Bertz CT molecular complexity index is 915. The molecular weight excluding hydrogens is 332 g/mol. The zero-order valence-electron chi connectivity index (χ0n) is 14.1. The summed E-state index contributed by atoms with van der Waals surface area (Å²) in [7, 11) is 0. The number of ether oxygens (including phenoxy) is 1. The number of hydrogen-bond donors (Lipinski definition) is 2. The average molecular weight is 350 g/mol. The lowest BCUT2D eigenvalue weighted by Gasteiger charge is -2.35. The van der Waals surface area contributed by atoms with E-state index in [1.54, 1.807) is 24.5 Å². The van der Waals surface area contributed by atoms with Gasteiger partial charge in [0.25, 0.3) is 0 Å². The molecule has 2 aliphatic rings. The van der Waals surface area contributed by atoms with Crippen molar-refractivity contribution in [1.29, 1.82) is 0 Å². The van der Waals surface area contributed by atoms with Crippen LogP contribution in [-0.4, -0.2) is 45.5 Å². The fraction of sp³-hybridized carbons (Fsp3) is 0.250. The van der Waals surface area contributed by atoms with Crippen LogP contribution in [0.3, 0.4) is 0 Å². The second-order valence-electron chi connectivity index (χ2n) is 6.56. The van der Waals surface area contributed by atoms with Gasteiger partial charge >= 0.3 is 0 Å². The molecule has 0 bridgehead atoms. The highest BCUT2D eigenvalue weighted by molar-refractivity contribution is 6.09. The number of ketones is 1. The van der Waals surface area contributed by atoms with Gasteiger partial charge in [0, 0.05) is 30.6 Å². The Labute approximate surface area is 150 Å². The largest absolute Gasteiger partial charge is 0.481 e. The third-order valence-corrected chi connectivity index (χ3v) is 4.77. The Morgan fingerprint density at radius 3 is 2.73 bits per heavy atom. The van der Waals surface area contributed by atoms with E-state index in [0.29, 0.717) is 17.7 Å². The predicted molar refractivity (Wildman–Crippen MR) is 96.3 cm³/mol. The lowest BCUT2D eigenvalue weighted by atomic mass is 9.89. The van der Waals surface area contributed by atoms with Gasteiger partial charge in [-0.2, -0.15) is 0 Å². The Kier molecular flexibility index (Phi) is 4.14. The van der Waals surface area contributed by atoms with E-state index >= 15 is 0 Å². The third-order valence-electron chi connectivity index (χ3n) is 4.77. The quantitative estimate of drug-likeness (QED) is 0.880. The van der Waals surface area contributed by atoms with E-state index in [-0.39, 0.29) is 12.2 Å². The van der Waals surface area contributed by atoms with Crippen LogP contribution in [0.1, 0.15) is 34.3 Å². The normalized spacial score (nSPS) is 18.0. The number of rotatable bonds is 4. The molecule has 0 fully saturated rings. The molecule has 0 unspecified atom stereocenters. The number of allylic oxidation sites excluding steroid dienone is 1. The van der Waals surface area contributed by atoms with Gasteiger partial charge in [-0.3, -0.25) is 14.8 Å². The van der Waals surface area contributed by atoms with Crippen molar-refractivity contribution in [3.63, 3.8) is 0 Å². The maximum atomic E-state index is 12.5. The number of hydrogen-bond acceptors (Lipinski definition) is 6. The van der Waals surface area contributed by atoms with E-state index < -0.39 is 18.8 Å². The molecule has 2 N–H and O–H groups in total. The topological polar surface area (TPSA) is 92.0 Å². The van der Waals surface area contributed by atoms with E-state index in [1.807, 2.05) is 24.4 Å². The molecule has 0 radical (unpaired) electrons. The second kappa shape index (κ2) is 6.48. The summed E-state index contributed by atoms with van der Waals surface area (Å²) < 4.78 is 5.72. The van der Waals surface area contributed by atoms with Crippen molar-refractivity contribution in [2.75, 3.05) is 13.2 Å². The fourth-order valence-corrected chi connectivity index (χ4v) is 3.23. The van der Waals surface area contributed by atoms with Gasteiger partial charge in [0.2, 0.25) is 0 Å². The lowest BCUT2D eigenvalue weighted by Crippen LogP contribution is -2.48. The monoisotopic (exact) mass is 350 g/mol. The van der Waals surface area contributed by atoms with Crippen LogP contribution in [0.25, 0.3) is 5.57 Å². The molecule has 6 heteroatoms. The van der Waals surface area contributed by atoms with Crippen LogP contribution in [-0.2, 0) is 0 Å². The van der Waals surface area contributed by atoms with Crippen LogP contribution in [0.15, 0.2) is 53.9 Å². The Hall–Kier alpha value is -2.83. The summed E-state index contributed by atoms with van der Waals surface area (Å²) in [5.74, 6) is 0.239. The highest BCUT2D eigenvalue weighted by Crippen LogP contribution is 2.36. The summed E-state index contributed by atoms with van der Waals surface area (Å²) in [5.41, 5.74) is 3.06. The molecule has 0 aliphatic carbocycles. The molecule has 0 atom stereocenters. The zero-order chi connectivity index (χ0) is 18.1. The zero-order valence-corrected chi connectivity index (χ0v) is 14.1. The van der Waals surface area contributed by atoms with Gasteiger partial charge < -0.3 is 14.9 Å². The summed E-state index contributed by atoms with van der Waals surface area (Å²) in [6.45, 7) is -0.826. The Morgan fingerprint density at radius 1 is 1.15 bits per heavy atom. The van der Waals surface area contributed by atoms with Crippen molar-refractivity contribution in [1.82, 2.24) is 4.98 Å². The molecule has 0 saturated heterocycles. The SMILES string of the molecule is O=C1CC(CO)(CO)Oc2ccc(C3=CN=C(c4cccnc4)C3)cc21. The van der Waals surface area contributed by atoms with Crippen molar-refractivity contribution < 1.29 is 19.7 Å². The van der Waals surface area contributed by atoms with Gasteiger partial charge in [0.1, 0.15) is 5.75 Å². The van der Waals surface area contributed by atoms with Gasteiger partial charge in [-0.25, -0.2) is 0 Å². The van der Waals surface area contributed by atoms with Gasteiger partial charge in [-0.05, 0) is 29.3 Å². The first-order chi connectivity index (χ1) is 12.6. The number of pyridine rings is 1. The number of aromatic nitrogens is 1. The molecule has 0 spiro atoms. The van der Waals surface area contributed by atoms with E-state index in [9.17, 15) is 15.0 Å². The number of carbonyl (C=O) groups is 1. The highest BCUT2D eigenvalue weighted by atomic mass is 16.5. The number of nitrogens with zero attached hydrogens (tertiary/aromatic N) is 2. The minimum absolute atomic E-state index is 0.0487. The van der Waals surface area contributed by atoms with E-state index in [0.717, 1.165) is 22.4 Å². The maximum absolute atomic E-state index is 12.5. The number of benzene rings is 1. The van der Waals surface area contributed by atoms with Gasteiger partial charge in [-0.1, -0.05) is 12.1 Å². The minimum Gasteiger partial charge on any atom is -0.481 e. The summed E-state index contributed by atoms with van der Waals surface area (Å²) in [6, 6.07) is 9.22. The van der Waals surface area contributed by atoms with Crippen molar-refractivity contribution in [2.24, 2.45) is 4.99 Å². The smallest absolute Gasteiger partial charge is 0.170 e. The second-order valence-corrected chi connectivity index (χ2v) is 6.56. The number of carbonyl (C=O) groups excluding carboxylic acids is 1. The predicted octanol–water partition coefficient (Wildman–Crippen LogP) is 2.00. The number of Topliss-reactive ketones (excluding diaryl/α,β-unsaturated/α-hetero) is 1. The van der Waals surface area contributed by atoms with Crippen LogP contribution in [0.2, 0.25) is 0 Å². The van der Waals surface area contributed by atoms with Crippen LogP contribution in [0.5, 0.6) is 5.75 Å². The first-order valence-electron chi connectivity index (χ1n) is 8.39. The molecule has 132 valence electrons. The molecule has 6 nitrogen and oxygen atoms in total. The van der Waals surface area contributed by atoms with E-state index in [2.05, 4.69) is 9.98 Å². The molecule has 0 amide bonds. The Morgan fingerprint density at radius 2 is 2.00 bits per heavy atom. The van der Waals surface area contributed by atoms with Gasteiger partial charge in [-0.15, -0.1) is 0 Å². The van der Waals surface area contributed by atoms with Crippen molar-refractivity contribution >= 4 is 17.1 Å². The number of aliphatic imine (C=N–C) groups is 1. The maximum Gasteiger partial charge on any atom is 0.170 e. The summed E-state index contributed by atoms with van der Waals surface area (Å²) in [4.78, 5) is 21.1. The molecule has 4 rings (SSSR count). The summed E-state index contributed by atoms with van der Waals surface area (Å²) in [6.07, 6.45) is 5.93. The number of aliphatic hydroxyl groups is 2. The van der Waals surface area contributed by atoms with Crippen molar-refractivity contribution in [2.45, 2.75) is 18.4 Å². The van der Waals surface area contributed by atoms with Crippen molar-refractivity contribution in [3.8, 4) is 5.75 Å². The van der Waals surface area contributed by atoms with Gasteiger partial charge in [0.05, 0.1) is 30.9 Å². The van der Waals surface area contributed by atoms with Crippen LogP contribution < -0.4 is 4.74 Å². The molecule has 0 saturated carbocycles. The first kappa shape index (κ1) is 16.6. The number of fused-ring (bicyclic) bond motifs is 1. The summed E-state index contributed by atoms with van der Waals surface area (Å²) >= 11 is 0. The molecule has 3 heterocycles. The lowest BCUT2D eigenvalue weighted by molar-refractivity contribution is -0.0403. The Balaban J connectivity index is 1.58. The molecule has 2 aliphatic heterocycles. The van der Waals surface area contributed by atoms with Crippen LogP contribution >= 0.6 is 0 Å². The third kappa shape index (κ3) is 2.83. The molecule has 2 aromatic rings. The molecule has 1 aromatic carbocycles. The van der Waals surface area contributed by atoms with Crippen LogP contribution in [0, 0.1) is 0 Å². The summed E-state index contributed by atoms with van der Waals surface area (Å²) in [5, 5.41) is 19.0. The minimum atomic E-state index is -1.24. The first-order valence-corrected chi connectivity index (χ1v) is 8.39. The molecular formula is C20H18N2O4. The number of aliphatic hydroxyl groups excluding tert-OH is 2.